The van der Waals surface area contributed by atoms with Gasteiger partial charge in [-0.3, -0.25) is 9.36 Å². The lowest BCUT2D eigenvalue weighted by molar-refractivity contribution is -0.133. The molecule has 0 unspecified atom stereocenters. The first-order valence-electron chi connectivity index (χ1n) is 7.04. The van der Waals surface area contributed by atoms with Gasteiger partial charge in [0.1, 0.15) is 0 Å². The van der Waals surface area contributed by atoms with Crippen LogP contribution in [0.4, 0.5) is 5.95 Å². The van der Waals surface area contributed by atoms with Crippen LogP contribution in [0, 0.1) is 5.92 Å². The predicted octanol–water partition coefficient (Wildman–Crippen LogP) is 2.64. The number of nitrogens with zero attached hydrogens (tertiary/aromatic N) is 3. The fourth-order valence-electron chi connectivity index (χ4n) is 1.92. The first kappa shape index (κ1) is 16.8. The maximum atomic E-state index is 10.6. The fraction of sp³-hybridized carbons (Fsp3) is 0.769. The highest BCUT2D eigenvalue weighted by Crippen LogP contribution is 2.19. The van der Waals surface area contributed by atoms with Crippen molar-refractivity contribution in [1.82, 2.24) is 14.8 Å². The van der Waals surface area contributed by atoms with E-state index in [2.05, 4.69) is 24.0 Å². The van der Waals surface area contributed by atoms with Crippen LogP contribution in [0.1, 0.15) is 46.0 Å². The number of thioether (sulfide) groups is 1. The van der Waals surface area contributed by atoms with Crippen molar-refractivity contribution in [2.45, 2.75) is 57.7 Å². The lowest BCUT2D eigenvalue weighted by atomic mass is 10.0. The number of aromatic nitrogens is 3. The molecule has 20 heavy (non-hydrogen) atoms. The third-order valence-electron chi connectivity index (χ3n) is 2.98. The molecule has 0 atom stereocenters. The summed E-state index contributed by atoms with van der Waals surface area (Å²) in [4.78, 5) is 10.6. The molecule has 0 spiro atoms. The maximum absolute atomic E-state index is 10.6. The zero-order valence-electron chi connectivity index (χ0n) is 12.2. The van der Waals surface area contributed by atoms with Crippen LogP contribution in [0.2, 0.25) is 0 Å². The van der Waals surface area contributed by atoms with Gasteiger partial charge in [0.15, 0.2) is 5.16 Å². The molecular formula is C13H24N4O2S. The molecular weight excluding hydrogens is 276 g/mol. The van der Waals surface area contributed by atoms with Gasteiger partial charge in [-0.25, -0.2) is 0 Å². The van der Waals surface area contributed by atoms with E-state index in [1.54, 1.807) is 4.57 Å². The number of carboxylic acids is 1. The Hall–Kier alpha value is -1.24. The normalized spacial score (nSPS) is 11.2. The minimum Gasteiger partial charge on any atom is -0.481 e. The van der Waals surface area contributed by atoms with Gasteiger partial charge in [-0.05, 0) is 12.3 Å². The Morgan fingerprint density at radius 2 is 2.00 bits per heavy atom. The van der Waals surface area contributed by atoms with E-state index in [1.807, 2.05) is 0 Å². The number of carbonyl (C=O) groups is 1. The second-order valence-electron chi connectivity index (χ2n) is 5.27. The molecule has 0 aromatic carbocycles. The van der Waals surface area contributed by atoms with Crippen molar-refractivity contribution >= 4 is 23.7 Å². The molecule has 1 aromatic rings. The summed E-state index contributed by atoms with van der Waals surface area (Å²) in [5, 5.41) is 17.0. The highest BCUT2D eigenvalue weighted by atomic mass is 32.2. The van der Waals surface area contributed by atoms with Crippen molar-refractivity contribution in [3.63, 3.8) is 0 Å². The van der Waals surface area contributed by atoms with Crippen LogP contribution in [0.15, 0.2) is 5.16 Å². The molecule has 3 N–H and O–H groups in total. The molecule has 0 aliphatic carbocycles. The van der Waals surface area contributed by atoms with Crippen LogP contribution < -0.4 is 5.73 Å². The summed E-state index contributed by atoms with van der Waals surface area (Å²) < 4.78 is 1.80. The summed E-state index contributed by atoms with van der Waals surface area (Å²) in [6.07, 6.45) is 5.91. The summed E-state index contributed by atoms with van der Waals surface area (Å²) in [5.74, 6) is 0.242. The molecule has 6 nitrogen and oxygen atoms in total. The van der Waals surface area contributed by atoms with Gasteiger partial charge in [0.2, 0.25) is 5.95 Å². The van der Waals surface area contributed by atoms with E-state index in [4.69, 9.17) is 10.8 Å². The molecule has 1 rings (SSSR count). The number of nitrogens with two attached hydrogens (primary N) is 1. The van der Waals surface area contributed by atoms with Crippen LogP contribution in [0.5, 0.6) is 0 Å². The van der Waals surface area contributed by atoms with E-state index in [-0.39, 0.29) is 5.75 Å². The van der Waals surface area contributed by atoms with Gasteiger partial charge in [0, 0.05) is 6.54 Å². The largest absolute Gasteiger partial charge is 0.481 e. The Morgan fingerprint density at radius 3 is 2.65 bits per heavy atom. The molecule has 1 heterocycles. The minimum absolute atomic E-state index is 0.0213. The zero-order valence-corrected chi connectivity index (χ0v) is 13.0. The highest BCUT2D eigenvalue weighted by Gasteiger charge is 2.11. The van der Waals surface area contributed by atoms with E-state index < -0.39 is 5.97 Å². The van der Waals surface area contributed by atoms with Crippen LogP contribution in [-0.4, -0.2) is 31.6 Å². The summed E-state index contributed by atoms with van der Waals surface area (Å²) in [6.45, 7) is 5.23. The predicted molar refractivity (Wildman–Crippen MR) is 80.7 cm³/mol. The lowest BCUT2D eigenvalue weighted by Gasteiger charge is -2.08. The third-order valence-corrected chi connectivity index (χ3v) is 3.93. The lowest BCUT2D eigenvalue weighted by Crippen LogP contribution is -2.06. The average Bonchev–Trinajstić information content (AvgIpc) is 2.72. The van der Waals surface area contributed by atoms with Crippen molar-refractivity contribution < 1.29 is 9.90 Å². The third kappa shape index (κ3) is 6.27. The highest BCUT2D eigenvalue weighted by molar-refractivity contribution is 7.99. The van der Waals surface area contributed by atoms with E-state index in [0.717, 1.165) is 37.1 Å². The van der Waals surface area contributed by atoms with Gasteiger partial charge in [-0.1, -0.05) is 51.3 Å². The average molecular weight is 300 g/mol. The fourth-order valence-corrected chi connectivity index (χ4v) is 2.61. The quantitative estimate of drug-likeness (QED) is 0.509. The topological polar surface area (TPSA) is 94.0 Å². The Bertz CT molecular complexity index is 421. The Balaban J connectivity index is 2.31. The van der Waals surface area contributed by atoms with Gasteiger partial charge in [-0.15, -0.1) is 10.2 Å². The van der Waals surface area contributed by atoms with Gasteiger partial charge in [0.25, 0.3) is 0 Å². The van der Waals surface area contributed by atoms with E-state index in [0.29, 0.717) is 11.1 Å². The number of hydrogen-bond acceptors (Lipinski definition) is 5. The van der Waals surface area contributed by atoms with Crippen LogP contribution in [-0.2, 0) is 11.3 Å². The van der Waals surface area contributed by atoms with Gasteiger partial charge >= 0.3 is 5.97 Å². The summed E-state index contributed by atoms with van der Waals surface area (Å²) in [7, 11) is 0. The van der Waals surface area contributed by atoms with E-state index >= 15 is 0 Å². The monoisotopic (exact) mass is 300 g/mol. The maximum Gasteiger partial charge on any atom is 0.313 e. The first-order chi connectivity index (χ1) is 9.50. The Labute approximate surface area is 124 Å². The Morgan fingerprint density at radius 1 is 1.30 bits per heavy atom. The standard InChI is InChI=1S/C13H24N4O2S/c1-10(2)7-5-3-4-6-8-17-12(14)15-16-13(17)20-9-11(18)19/h10H,3-9H2,1-2H3,(H2,14,15)(H,18,19). The Kier molecular flexibility index (Phi) is 7.43. The van der Waals surface area contributed by atoms with Crippen LogP contribution >= 0.6 is 11.8 Å². The number of rotatable bonds is 10. The van der Waals surface area contributed by atoms with Gasteiger partial charge in [0.05, 0.1) is 5.75 Å². The first-order valence-corrected chi connectivity index (χ1v) is 8.02. The van der Waals surface area contributed by atoms with E-state index in [9.17, 15) is 4.79 Å². The molecule has 0 saturated carbocycles. The van der Waals surface area contributed by atoms with Crippen molar-refractivity contribution in [2.24, 2.45) is 5.92 Å². The number of carboxylic acid groups (broad SMARTS) is 1. The molecule has 0 bridgehead atoms. The molecule has 0 radical (unpaired) electrons. The molecule has 7 heteroatoms. The second kappa shape index (κ2) is 8.84. The molecule has 0 fully saturated rings. The van der Waals surface area contributed by atoms with Crippen LogP contribution in [0.3, 0.4) is 0 Å². The number of hydrogen-bond donors (Lipinski definition) is 2. The van der Waals surface area contributed by atoms with Gasteiger partial charge in [-0.2, -0.15) is 0 Å². The van der Waals surface area contributed by atoms with E-state index in [1.165, 1.54) is 19.3 Å². The molecule has 1 aromatic heterocycles. The molecule has 0 aliphatic heterocycles. The molecule has 0 amide bonds. The number of anilines is 1. The van der Waals surface area contributed by atoms with Crippen molar-refractivity contribution in [2.75, 3.05) is 11.5 Å². The summed E-state index contributed by atoms with van der Waals surface area (Å²) in [6, 6.07) is 0. The SMILES string of the molecule is CC(C)CCCCCCn1c(N)nnc1SCC(=O)O. The summed E-state index contributed by atoms with van der Waals surface area (Å²) in [5.41, 5.74) is 5.76. The van der Waals surface area contributed by atoms with Crippen LogP contribution in [0.25, 0.3) is 0 Å². The molecule has 0 aliphatic rings. The number of nitrogen functional groups attached to an aromatic ring is 1. The number of aliphatic carboxylic acids is 1. The van der Waals surface area contributed by atoms with Crippen molar-refractivity contribution in [3.05, 3.63) is 0 Å². The minimum atomic E-state index is -0.864. The smallest absolute Gasteiger partial charge is 0.313 e. The molecule has 0 saturated heterocycles. The van der Waals surface area contributed by atoms with Crippen molar-refractivity contribution in [1.29, 1.82) is 0 Å². The zero-order chi connectivity index (χ0) is 15.0. The van der Waals surface area contributed by atoms with Gasteiger partial charge < -0.3 is 10.8 Å². The van der Waals surface area contributed by atoms with Crippen molar-refractivity contribution in [3.8, 4) is 0 Å². The number of unbranched alkanes of at least 4 members (excludes halogenated alkanes) is 3. The second-order valence-corrected chi connectivity index (χ2v) is 6.21. The summed E-state index contributed by atoms with van der Waals surface area (Å²) >= 11 is 1.16. The molecule has 114 valence electrons.